The number of rotatable bonds is 5. The van der Waals surface area contributed by atoms with Gasteiger partial charge in [0.1, 0.15) is 0 Å². The minimum Gasteiger partial charge on any atom is -0.380 e. The van der Waals surface area contributed by atoms with Gasteiger partial charge in [-0.2, -0.15) is 0 Å². The molecular formula is C17H22N2S. The molecule has 0 saturated carbocycles. The molecule has 0 unspecified atom stereocenters. The molecule has 2 heterocycles. The van der Waals surface area contributed by atoms with E-state index in [9.17, 15) is 0 Å². The maximum absolute atomic E-state index is 3.51. The van der Waals surface area contributed by atoms with Crippen molar-refractivity contribution in [2.45, 2.75) is 32.7 Å². The summed E-state index contributed by atoms with van der Waals surface area (Å²) >= 11 is 1.90. The van der Waals surface area contributed by atoms with E-state index in [4.69, 9.17) is 0 Å². The summed E-state index contributed by atoms with van der Waals surface area (Å²) in [6.45, 7) is 5.55. The summed E-state index contributed by atoms with van der Waals surface area (Å²) in [4.78, 5) is 5.34. The second-order valence-corrected chi connectivity index (χ2v) is 6.57. The first-order valence-corrected chi connectivity index (χ1v) is 8.33. The van der Waals surface area contributed by atoms with Crippen LogP contribution in [0.4, 0.5) is 11.4 Å². The maximum atomic E-state index is 3.51. The number of hydrogen-bond acceptors (Lipinski definition) is 3. The zero-order valence-electron chi connectivity index (χ0n) is 12.1. The molecule has 2 nitrogen and oxygen atoms in total. The fourth-order valence-corrected chi connectivity index (χ4v) is 3.56. The van der Waals surface area contributed by atoms with E-state index in [1.165, 1.54) is 47.1 Å². The van der Waals surface area contributed by atoms with Crippen molar-refractivity contribution >= 4 is 22.7 Å². The van der Waals surface area contributed by atoms with Gasteiger partial charge < -0.3 is 10.2 Å². The Labute approximate surface area is 125 Å². The van der Waals surface area contributed by atoms with Gasteiger partial charge in [-0.1, -0.05) is 6.92 Å². The van der Waals surface area contributed by atoms with Gasteiger partial charge in [-0.15, -0.1) is 11.3 Å². The second kappa shape index (κ2) is 6.31. The Hall–Kier alpha value is -1.48. The van der Waals surface area contributed by atoms with Crippen LogP contribution in [-0.4, -0.2) is 13.1 Å². The van der Waals surface area contributed by atoms with Crippen LogP contribution in [0.25, 0.3) is 0 Å². The highest BCUT2D eigenvalue weighted by Crippen LogP contribution is 2.23. The zero-order chi connectivity index (χ0) is 13.8. The minimum absolute atomic E-state index is 0.924. The molecule has 20 heavy (non-hydrogen) atoms. The van der Waals surface area contributed by atoms with Crippen LogP contribution in [0.5, 0.6) is 0 Å². The highest BCUT2D eigenvalue weighted by molar-refractivity contribution is 7.12. The van der Waals surface area contributed by atoms with E-state index in [1.807, 2.05) is 11.3 Å². The van der Waals surface area contributed by atoms with Gasteiger partial charge in [0.25, 0.3) is 0 Å². The molecule has 1 N–H and O–H groups in total. The fraction of sp³-hybridized carbons (Fsp3) is 0.412. The lowest BCUT2D eigenvalue weighted by Crippen LogP contribution is -2.17. The average Bonchev–Trinajstić information content (AvgIpc) is 3.17. The van der Waals surface area contributed by atoms with Crippen molar-refractivity contribution < 1.29 is 0 Å². The van der Waals surface area contributed by atoms with Crippen molar-refractivity contribution in [3.63, 3.8) is 0 Å². The first-order valence-electron chi connectivity index (χ1n) is 7.51. The normalized spacial score (nSPS) is 14.8. The quantitative estimate of drug-likeness (QED) is 0.869. The van der Waals surface area contributed by atoms with Gasteiger partial charge in [-0.3, -0.25) is 0 Å². The largest absolute Gasteiger partial charge is 0.380 e. The summed E-state index contributed by atoms with van der Waals surface area (Å²) in [5.41, 5.74) is 2.57. The van der Waals surface area contributed by atoms with Gasteiger partial charge in [-0.25, -0.2) is 0 Å². The van der Waals surface area contributed by atoms with Crippen LogP contribution >= 0.6 is 11.3 Å². The van der Waals surface area contributed by atoms with E-state index in [-0.39, 0.29) is 0 Å². The molecule has 1 saturated heterocycles. The van der Waals surface area contributed by atoms with Crippen molar-refractivity contribution in [3.8, 4) is 0 Å². The first kappa shape index (κ1) is 13.5. The van der Waals surface area contributed by atoms with Gasteiger partial charge in [0, 0.05) is 40.8 Å². The molecule has 0 spiro atoms. The number of nitrogens with zero attached hydrogens (tertiary/aromatic N) is 1. The van der Waals surface area contributed by atoms with Crippen molar-refractivity contribution in [1.82, 2.24) is 0 Å². The first-order chi connectivity index (χ1) is 9.85. The molecule has 0 radical (unpaired) electrons. The number of thiophene rings is 1. The second-order valence-electron chi connectivity index (χ2n) is 5.32. The Bertz CT molecular complexity index is 538. The molecular weight excluding hydrogens is 264 g/mol. The van der Waals surface area contributed by atoms with E-state index >= 15 is 0 Å². The number of aryl methyl sites for hydroxylation is 1. The van der Waals surface area contributed by atoms with Gasteiger partial charge in [0.15, 0.2) is 0 Å². The molecule has 0 atom stereocenters. The highest BCUT2D eigenvalue weighted by atomic mass is 32.1. The SMILES string of the molecule is CCc1ccc(CNc2ccc(N3CCCC3)cc2)s1. The standard InChI is InChI=1S/C17H22N2S/c1-2-16-9-10-17(20-16)13-18-14-5-7-15(8-6-14)19-11-3-4-12-19/h5-10,18H,2-4,11-13H2,1H3. The Morgan fingerprint density at radius 1 is 1.00 bits per heavy atom. The third kappa shape index (κ3) is 3.15. The van der Waals surface area contributed by atoms with E-state index in [0.717, 1.165) is 13.0 Å². The Balaban J connectivity index is 1.57. The summed E-state index contributed by atoms with van der Waals surface area (Å²) in [5, 5.41) is 3.51. The summed E-state index contributed by atoms with van der Waals surface area (Å²) in [6.07, 6.45) is 3.80. The Morgan fingerprint density at radius 3 is 2.35 bits per heavy atom. The lowest BCUT2D eigenvalue weighted by molar-refractivity contribution is 0.949. The van der Waals surface area contributed by atoms with Crippen molar-refractivity contribution in [2.75, 3.05) is 23.3 Å². The summed E-state index contributed by atoms with van der Waals surface area (Å²) in [5.74, 6) is 0. The Morgan fingerprint density at radius 2 is 1.70 bits per heavy atom. The van der Waals surface area contributed by atoms with Gasteiger partial charge >= 0.3 is 0 Å². The fourth-order valence-electron chi connectivity index (χ4n) is 2.66. The monoisotopic (exact) mass is 286 g/mol. The number of nitrogens with one attached hydrogen (secondary N) is 1. The van der Waals surface area contributed by atoms with Crippen molar-refractivity contribution in [1.29, 1.82) is 0 Å². The van der Waals surface area contributed by atoms with E-state index in [0.29, 0.717) is 0 Å². The predicted molar refractivity (Wildman–Crippen MR) is 88.9 cm³/mol. The average molecular weight is 286 g/mol. The highest BCUT2D eigenvalue weighted by Gasteiger charge is 2.11. The third-order valence-electron chi connectivity index (χ3n) is 3.87. The molecule has 3 heteroatoms. The van der Waals surface area contributed by atoms with Crippen LogP contribution in [-0.2, 0) is 13.0 Å². The van der Waals surface area contributed by atoms with E-state index in [2.05, 4.69) is 53.5 Å². The lowest BCUT2D eigenvalue weighted by atomic mass is 10.2. The predicted octanol–water partition coefficient (Wildman–Crippen LogP) is 4.52. The maximum Gasteiger partial charge on any atom is 0.0494 e. The van der Waals surface area contributed by atoms with Crippen LogP contribution in [0.3, 0.4) is 0 Å². The third-order valence-corrected chi connectivity index (χ3v) is 5.10. The molecule has 1 aromatic carbocycles. The molecule has 1 aliphatic rings. The smallest absolute Gasteiger partial charge is 0.0494 e. The Kier molecular flexibility index (Phi) is 4.26. The van der Waals surface area contributed by atoms with Crippen LogP contribution in [0, 0.1) is 0 Å². The van der Waals surface area contributed by atoms with Gasteiger partial charge in [0.2, 0.25) is 0 Å². The topological polar surface area (TPSA) is 15.3 Å². The minimum atomic E-state index is 0.924. The summed E-state index contributed by atoms with van der Waals surface area (Å²) < 4.78 is 0. The molecule has 3 rings (SSSR count). The summed E-state index contributed by atoms with van der Waals surface area (Å²) in [6, 6.07) is 13.3. The molecule has 1 aromatic heterocycles. The number of hydrogen-bond donors (Lipinski definition) is 1. The molecule has 0 amide bonds. The molecule has 1 aliphatic heterocycles. The van der Waals surface area contributed by atoms with Crippen LogP contribution in [0.15, 0.2) is 36.4 Å². The zero-order valence-corrected chi connectivity index (χ0v) is 12.9. The molecule has 0 aliphatic carbocycles. The van der Waals surface area contributed by atoms with Crippen LogP contribution in [0.1, 0.15) is 29.5 Å². The lowest BCUT2D eigenvalue weighted by Gasteiger charge is -2.17. The molecule has 0 bridgehead atoms. The molecule has 106 valence electrons. The van der Waals surface area contributed by atoms with Crippen LogP contribution < -0.4 is 10.2 Å². The number of benzene rings is 1. The van der Waals surface area contributed by atoms with E-state index in [1.54, 1.807) is 0 Å². The molecule has 1 fully saturated rings. The van der Waals surface area contributed by atoms with E-state index < -0.39 is 0 Å². The summed E-state index contributed by atoms with van der Waals surface area (Å²) in [7, 11) is 0. The van der Waals surface area contributed by atoms with Crippen molar-refractivity contribution in [3.05, 3.63) is 46.2 Å². The van der Waals surface area contributed by atoms with Gasteiger partial charge in [0.05, 0.1) is 0 Å². The molecule has 2 aromatic rings. The number of anilines is 2. The van der Waals surface area contributed by atoms with Crippen molar-refractivity contribution in [2.24, 2.45) is 0 Å². The van der Waals surface area contributed by atoms with Crippen LogP contribution in [0.2, 0.25) is 0 Å². The van der Waals surface area contributed by atoms with Gasteiger partial charge in [-0.05, 0) is 55.7 Å².